The van der Waals surface area contributed by atoms with Crippen molar-refractivity contribution >= 4 is 0 Å². The second-order valence-corrected chi connectivity index (χ2v) is 4.71. The van der Waals surface area contributed by atoms with E-state index >= 15 is 0 Å². The Morgan fingerprint density at radius 2 is 1.85 bits per heavy atom. The predicted molar refractivity (Wildman–Crippen MR) is 75.1 cm³/mol. The summed E-state index contributed by atoms with van der Waals surface area (Å²) in [5.41, 5.74) is 1.24. The van der Waals surface area contributed by atoms with Crippen molar-refractivity contribution in [2.75, 3.05) is 7.05 Å². The lowest BCUT2D eigenvalue weighted by atomic mass is 10.1. The molecule has 2 aromatic rings. The van der Waals surface area contributed by atoms with Crippen LogP contribution in [-0.2, 0) is 0 Å². The van der Waals surface area contributed by atoms with Crippen LogP contribution in [0.1, 0.15) is 24.1 Å². The van der Waals surface area contributed by atoms with Gasteiger partial charge in [-0.25, -0.2) is 8.78 Å². The van der Waals surface area contributed by atoms with Crippen molar-refractivity contribution in [2.45, 2.75) is 19.9 Å². The summed E-state index contributed by atoms with van der Waals surface area (Å²) < 4.78 is 32.6. The minimum atomic E-state index is -0.329. The van der Waals surface area contributed by atoms with Crippen LogP contribution in [0.4, 0.5) is 8.78 Å². The van der Waals surface area contributed by atoms with Gasteiger partial charge in [-0.15, -0.1) is 0 Å². The lowest BCUT2D eigenvalue weighted by molar-refractivity contribution is 0.458. The molecule has 1 N–H and O–H groups in total. The maximum absolute atomic E-state index is 13.5. The van der Waals surface area contributed by atoms with Gasteiger partial charge >= 0.3 is 0 Å². The molecule has 1 atom stereocenters. The van der Waals surface area contributed by atoms with Gasteiger partial charge in [-0.05, 0) is 50.7 Å². The van der Waals surface area contributed by atoms with Gasteiger partial charge in [0.15, 0.2) is 0 Å². The largest absolute Gasteiger partial charge is 0.457 e. The van der Waals surface area contributed by atoms with Crippen LogP contribution in [-0.4, -0.2) is 7.05 Å². The third kappa shape index (κ3) is 3.14. The highest BCUT2D eigenvalue weighted by Crippen LogP contribution is 2.30. The number of rotatable bonds is 4. The van der Waals surface area contributed by atoms with Crippen molar-refractivity contribution in [1.29, 1.82) is 0 Å². The van der Waals surface area contributed by atoms with Crippen LogP contribution in [0.25, 0.3) is 0 Å². The maximum Gasteiger partial charge on any atom is 0.132 e. The molecule has 0 saturated heterocycles. The number of aryl methyl sites for hydroxylation is 1. The van der Waals surface area contributed by atoms with E-state index in [2.05, 4.69) is 5.32 Å². The van der Waals surface area contributed by atoms with Crippen molar-refractivity contribution in [2.24, 2.45) is 0 Å². The van der Waals surface area contributed by atoms with E-state index in [0.29, 0.717) is 22.6 Å². The zero-order chi connectivity index (χ0) is 14.7. The van der Waals surface area contributed by atoms with Gasteiger partial charge in [-0.1, -0.05) is 6.07 Å². The van der Waals surface area contributed by atoms with Gasteiger partial charge in [0.05, 0.1) is 0 Å². The second kappa shape index (κ2) is 6.01. The van der Waals surface area contributed by atoms with Crippen LogP contribution < -0.4 is 10.1 Å². The first-order valence-corrected chi connectivity index (χ1v) is 6.42. The molecule has 0 bridgehead atoms. The van der Waals surface area contributed by atoms with Crippen LogP contribution in [0.15, 0.2) is 36.4 Å². The van der Waals surface area contributed by atoms with E-state index in [1.165, 1.54) is 18.2 Å². The molecule has 0 aliphatic rings. The molecular formula is C16H17F2NO. The number of hydrogen-bond acceptors (Lipinski definition) is 2. The molecule has 106 valence electrons. The molecular weight excluding hydrogens is 260 g/mol. The Labute approximate surface area is 117 Å². The lowest BCUT2D eigenvalue weighted by Gasteiger charge is -2.16. The summed E-state index contributed by atoms with van der Waals surface area (Å²) in [6.07, 6.45) is 0. The Bertz CT molecular complexity index is 613. The first-order valence-electron chi connectivity index (χ1n) is 6.42. The summed E-state index contributed by atoms with van der Waals surface area (Å²) in [4.78, 5) is 0. The minimum Gasteiger partial charge on any atom is -0.457 e. The SMILES string of the molecule is CNC(C)c1cc(F)ccc1Oc1ccc(C)c(F)c1. The van der Waals surface area contributed by atoms with E-state index in [1.807, 2.05) is 6.92 Å². The van der Waals surface area contributed by atoms with Gasteiger partial charge in [0.2, 0.25) is 0 Å². The second-order valence-electron chi connectivity index (χ2n) is 4.71. The number of ether oxygens (including phenoxy) is 1. The molecule has 0 aliphatic heterocycles. The topological polar surface area (TPSA) is 21.3 Å². The Balaban J connectivity index is 2.35. The zero-order valence-electron chi connectivity index (χ0n) is 11.7. The molecule has 0 heterocycles. The highest BCUT2D eigenvalue weighted by atomic mass is 19.1. The summed E-state index contributed by atoms with van der Waals surface area (Å²) in [6, 6.07) is 8.89. The Kier molecular flexibility index (Phi) is 4.35. The van der Waals surface area contributed by atoms with Crippen LogP contribution in [0.2, 0.25) is 0 Å². The van der Waals surface area contributed by atoms with Gasteiger partial charge < -0.3 is 10.1 Å². The van der Waals surface area contributed by atoms with Gasteiger partial charge in [-0.2, -0.15) is 0 Å². The molecule has 0 amide bonds. The van der Waals surface area contributed by atoms with Gasteiger partial charge in [-0.3, -0.25) is 0 Å². The summed E-state index contributed by atoms with van der Waals surface area (Å²) in [6.45, 7) is 3.59. The molecule has 2 rings (SSSR count). The average molecular weight is 277 g/mol. The van der Waals surface area contributed by atoms with Crippen LogP contribution >= 0.6 is 0 Å². The zero-order valence-corrected chi connectivity index (χ0v) is 11.7. The van der Waals surface area contributed by atoms with Crippen molar-refractivity contribution in [3.05, 3.63) is 59.2 Å². The smallest absolute Gasteiger partial charge is 0.132 e. The number of hydrogen-bond donors (Lipinski definition) is 1. The van der Waals surface area contributed by atoms with Gasteiger partial charge in [0, 0.05) is 17.7 Å². The van der Waals surface area contributed by atoms with Gasteiger partial charge in [0.25, 0.3) is 0 Å². The minimum absolute atomic E-state index is 0.0732. The molecule has 2 nitrogen and oxygen atoms in total. The quantitative estimate of drug-likeness (QED) is 0.897. The van der Waals surface area contributed by atoms with Crippen molar-refractivity contribution in [1.82, 2.24) is 5.32 Å². The van der Waals surface area contributed by atoms with Crippen molar-refractivity contribution in [3.8, 4) is 11.5 Å². The summed E-state index contributed by atoms with van der Waals surface area (Å²) in [5.74, 6) is 0.248. The van der Waals surface area contributed by atoms with E-state index in [9.17, 15) is 8.78 Å². The lowest BCUT2D eigenvalue weighted by Crippen LogP contribution is -2.13. The molecule has 0 radical (unpaired) electrons. The molecule has 2 aromatic carbocycles. The molecule has 0 saturated carbocycles. The van der Waals surface area contributed by atoms with E-state index in [1.54, 1.807) is 32.2 Å². The van der Waals surface area contributed by atoms with Crippen LogP contribution in [0.5, 0.6) is 11.5 Å². The van der Waals surface area contributed by atoms with Gasteiger partial charge in [0.1, 0.15) is 23.1 Å². The molecule has 0 spiro atoms. The predicted octanol–water partition coefficient (Wildman–Crippen LogP) is 4.35. The number of benzene rings is 2. The average Bonchev–Trinajstić information content (AvgIpc) is 2.44. The Morgan fingerprint density at radius 3 is 2.50 bits per heavy atom. The molecule has 1 unspecified atom stereocenters. The van der Waals surface area contributed by atoms with E-state index in [4.69, 9.17) is 4.74 Å². The molecule has 0 fully saturated rings. The third-order valence-electron chi connectivity index (χ3n) is 3.24. The summed E-state index contributed by atoms with van der Waals surface area (Å²) >= 11 is 0. The van der Waals surface area contributed by atoms with Crippen LogP contribution in [0, 0.1) is 18.6 Å². The Morgan fingerprint density at radius 1 is 1.10 bits per heavy atom. The first-order chi connectivity index (χ1) is 9.51. The molecule has 4 heteroatoms. The normalized spacial score (nSPS) is 12.2. The number of nitrogens with one attached hydrogen (secondary N) is 1. The standard InChI is InChI=1S/C16H17F2NO/c1-10-4-6-13(9-15(10)18)20-16-7-5-12(17)8-14(16)11(2)19-3/h4-9,11,19H,1-3H3. The molecule has 20 heavy (non-hydrogen) atoms. The first kappa shape index (κ1) is 14.5. The fourth-order valence-electron chi connectivity index (χ4n) is 1.87. The summed E-state index contributed by atoms with van der Waals surface area (Å²) in [5, 5.41) is 3.03. The molecule has 0 aromatic heterocycles. The third-order valence-corrected chi connectivity index (χ3v) is 3.24. The molecule has 0 aliphatic carbocycles. The highest BCUT2D eigenvalue weighted by Gasteiger charge is 2.12. The van der Waals surface area contributed by atoms with Crippen LogP contribution in [0.3, 0.4) is 0 Å². The Hall–Kier alpha value is -1.94. The van der Waals surface area contributed by atoms with E-state index < -0.39 is 0 Å². The van der Waals surface area contributed by atoms with E-state index in [-0.39, 0.29) is 17.7 Å². The number of halogens is 2. The van der Waals surface area contributed by atoms with E-state index in [0.717, 1.165) is 0 Å². The fraction of sp³-hybridized carbons (Fsp3) is 0.250. The fourth-order valence-corrected chi connectivity index (χ4v) is 1.87. The maximum atomic E-state index is 13.5. The highest BCUT2D eigenvalue weighted by molar-refractivity contribution is 5.40. The van der Waals surface area contributed by atoms with Crippen molar-refractivity contribution in [3.63, 3.8) is 0 Å². The van der Waals surface area contributed by atoms with Crippen molar-refractivity contribution < 1.29 is 13.5 Å². The monoisotopic (exact) mass is 277 g/mol. The summed E-state index contributed by atoms with van der Waals surface area (Å²) in [7, 11) is 1.78.